The van der Waals surface area contributed by atoms with Crippen LogP contribution in [-0.4, -0.2) is 41.9 Å². The van der Waals surface area contributed by atoms with E-state index in [0.29, 0.717) is 18.0 Å². The number of ether oxygens (including phenoxy) is 1. The van der Waals surface area contributed by atoms with Crippen molar-refractivity contribution in [2.45, 2.75) is 19.1 Å². The number of nitrogens with one attached hydrogen (secondary N) is 1. The Morgan fingerprint density at radius 3 is 2.86 bits per heavy atom. The molecule has 2 rings (SSSR count). The van der Waals surface area contributed by atoms with E-state index in [1.165, 1.54) is 16.7 Å². The summed E-state index contributed by atoms with van der Waals surface area (Å²) in [5.74, 6) is -0.655. The Bertz CT molecular complexity index is 591. The van der Waals surface area contributed by atoms with Gasteiger partial charge in [-0.05, 0) is 26.0 Å². The van der Waals surface area contributed by atoms with Crippen molar-refractivity contribution >= 4 is 40.9 Å². The molecule has 0 spiro atoms. The van der Waals surface area contributed by atoms with Gasteiger partial charge in [-0.3, -0.25) is 19.3 Å². The Balaban J connectivity index is 2.06. The summed E-state index contributed by atoms with van der Waals surface area (Å²) >= 11 is 1.20. The minimum atomic E-state index is -0.441. The SMILES string of the molecule is CCOC(=O)CS[C@H](C)C(=O)N1CC(=O)Nc2ccccc21. The number of amides is 2. The van der Waals surface area contributed by atoms with E-state index in [9.17, 15) is 14.4 Å². The van der Waals surface area contributed by atoms with Crippen LogP contribution in [0.4, 0.5) is 11.4 Å². The second kappa shape index (κ2) is 7.31. The number of thioether (sulfide) groups is 1. The minimum Gasteiger partial charge on any atom is -0.465 e. The normalized spacial score (nSPS) is 14.8. The summed E-state index contributed by atoms with van der Waals surface area (Å²) in [5, 5.41) is 2.30. The van der Waals surface area contributed by atoms with Crippen LogP contribution in [0.2, 0.25) is 0 Å². The molecule has 0 radical (unpaired) electrons. The quantitative estimate of drug-likeness (QED) is 0.834. The zero-order valence-corrected chi connectivity index (χ0v) is 13.3. The molecule has 0 bridgehead atoms. The van der Waals surface area contributed by atoms with Crippen LogP contribution in [0.25, 0.3) is 0 Å². The van der Waals surface area contributed by atoms with Crippen LogP contribution < -0.4 is 10.2 Å². The standard InChI is InChI=1S/C15H18N2O4S/c1-3-21-14(19)9-22-10(2)15(20)17-8-13(18)16-11-6-4-5-7-12(11)17/h4-7,10H,3,8-9H2,1-2H3,(H,16,18)/t10-/m1/s1. The van der Waals surface area contributed by atoms with Crippen molar-refractivity contribution in [3.63, 3.8) is 0 Å². The Morgan fingerprint density at radius 2 is 2.14 bits per heavy atom. The van der Waals surface area contributed by atoms with Crippen LogP contribution in [0, 0.1) is 0 Å². The lowest BCUT2D eigenvalue weighted by atomic mass is 10.2. The van der Waals surface area contributed by atoms with E-state index in [1.54, 1.807) is 32.0 Å². The maximum atomic E-state index is 12.5. The van der Waals surface area contributed by atoms with Gasteiger partial charge in [0.05, 0.1) is 29.0 Å². The number of carbonyl (C=O) groups excluding carboxylic acids is 3. The monoisotopic (exact) mass is 322 g/mol. The van der Waals surface area contributed by atoms with E-state index in [-0.39, 0.29) is 30.1 Å². The summed E-state index contributed by atoms with van der Waals surface area (Å²) in [4.78, 5) is 37.1. The summed E-state index contributed by atoms with van der Waals surface area (Å²) < 4.78 is 4.84. The van der Waals surface area contributed by atoms with E-state index in [2.05, 4.69) is 5.32 Å². The van der Waals surface area contributed by atoms with Gasteiger partial charge in [-0.2, -0.15) is 0 Å². The van der Waals surface area contributed by atoms with Gasteiger partial charge in [-0.25, -0.2) is 0 Å². The molecule has 0 unspecified atom stereocenters. The molecule has 2 amide bonds. The van der Waals surface area contributed by atoms with Crippen LogP contribution in [0.3, 0.4) is 0 Å². The highest BCUT2D eigenvalue weighted by Gasteiger charge is 2.30. The zero-order chi connectivity index (χ0) is 16.1. The number of nitrogens with zero attached hydrogens (tertiary/aromatic N) is 1. The number of hydrogen-bond acceptors (Lipinski definition) is 5. The Hall–Kier alpha value is -2.02. The van der Waals surface area contributed by atoms with Crippen molar-refractivity contribution in [2.24, 2.45) is 0 Å². The summed E-state index contributed by atoms with van der Waals surface area (Å²) in [6.45, 7) is 3.77. The van der Waals surface area contributed by atoms with Crippen molar-refractivity contribution in [3.8, 4) is 0 Å². The number of fused-ring (bicyclic) bond motifs is 1. The molecule has 1 aromatic carbocycles. The maximum absolute atomic E-state index is 12.5. The predicted molar refractivity (Wildman–Crippen MR) is 86.0 cm³/mol. The lowest BCUT2D eigenvalue weighted by Crippen LogP contribution is -2.45. The van der Waals surface area contributed by atoms with Crippen LogP contribution in [-0.2, 0) is 19.1 Å². The minimum absolute atomic E-state index is 0.0137. The van der Waals surface area contributed by atoms with Gasteiger partial charge in [0.1, 0.15) is 6.54 Å². The highest BCUT2D eigenvalue weighted by molar-refractivity contribution is 8.01. The van der Waals surface area contributed by atoms with E-state index < -0.39 is 5.25 Å². The lowest BCUT2D eigenvalue weighted by molar-refractivity contribution is -0.139. The molecule has 1 atom stereocenters. The highest BCUT2D eigenvalue weighted by atomic mass is 32.2. The number of rotatable bonds is 5. The van der Waals surface area contributed by atoms with Crippen molar-refractivity contribution in [2.75, 3.05) is 29.1 Å². The van der Waals surface area contributed by atoms with E-state index in [0.717, 1.165) is 0 Å². The Morgan fingerprint density at radius 1 is 1.41 bits per heavy atom. The fourth-order valence-electron chi connectivity index (χ4n) is 2.12. The van der Waals surface area contributed by atoms with Crippen LogP contribution in [0.15, 0.2) is 24.3 Å². The molecule has 0 saturated carbocycles. The summed E-state index contributed by atoms with van der Waals surface area (Å²) in [6, 6.07) is 7.15. The van der Waals surface area contributed by atoms with Gasteiger partial charge >= 0.3 is 5.97 Å². The molecule has 118 valence electrons. The summed E-state index contributed by atoms with van der Waals surface area (Å²) in [6.07, 6.45) is 0. The third kappa shape index (κ3) is 3.79. The first-order chi connectivity index (χ1) is 10.5. The second-order valence-corrected chi connectivity index (χ2v) is 6.08. The summed E-state index contributed by atoms with van der Waals surface area (Å²) in [5.41, 5.74) is 1.30. The molecule has 0 aliphatic carbocycles. The average Bonchev–Trinajstić information content (AvgIpc) is 2.51. The molecular weight excluding hydrogens is 304 g/mol. The van der Waals surface area contributed by atoms with Gasteiger partial charge in [0.25, 0.3) is 0 Å². The molecule has 1 aliphatic rings. The van der Waals surface area contributed by atoms with Crippen LogP contribution in [0.1, 0.15) is 13.8 Å². The first-order valence-corrected chi connectivity index (χ1v) is 8.05. The number of hydrogen-bond donors (Lipinski definition) is 1. The zero-order valence-electron chi connectivity index (χ0n) is 12.5. The van der Waals surface area contributed by atoms with Gasteiger partial charge < -0.3 is 10.1 Å². The molecular formula is C15H18N2O4S. The third-order valence-corrected chi connectivity index (χ3v) is 4.24. The number of anilines is 2. The van der Waals surface area contributed by atoms with Crippen LogP contribution >= 0.6 is 11.8 Å². The fourth-order valence-corrected chi connectivity index (χ4v) is 2.86. The van der Waals surface area contributed by atoms with Crippen LogP contribution in [0.5, 0.6) is 0 Å². The van der Waals surface area contributed by atoms with E-state index in [4.69, 9.17) is 4.74 Å². The van der Waals surface area contributed by atoms with Gasteiger partial charge in [0.2, 0.25) is 11.8 Å². The molecule has 6 nitrogen and oxygen atoms in total. The Labute approximate surface area is 133 Å². The first-order valence-electron chi connectivity index (χ1n) is 7.00. The molecule has 1 N–H and O–H groups in total. The molecule has 7 heteroatoms. The smallest absolute Gasteiger partial charge is 0.315 e. The largest absolute Gasteiger partial charge is 0.465 e. The molecule has 0 saturated heterocycles. The number of carbonyl (C=O) groups is 3. The van der Waals surface area contributed by atoms with Gasteiger partial charge in [-0.1, -0.05) is 12.1 Å². The van der Waals surface area contributed by atoms with Gasteiger partial charge in [0.15, 0.2) is 0 Å². The molecule has 0 fully saturated rings. The van der Waals surface area contributed by atoms with Gasteiger partial charge in [-0.15, -0.1) is 11.8 Å². The van der Waals surface area contributed by atoms with Crippen molar-refractivity contribution < 1.29 is 19.1 Å². The molecule has 0 aromatic heterocycles. The fraction of sp³-hybridized carbons (Fsp3) is 0.400. The summed E-state index contributed by atoms with van der Waals surface area (Å²) in [7, 11) is 0. The highest BCUT2D eigenvalue weighted by Crippen LogP contribution is 2.30. The maximum Gasteiger partial charge on any atom is 0.315 e. The number of esters is 1. The third-order valence-electron chi connectivity index (χ3n) is 3.14. The number of benzene rings is 1. The molecule has 22 heavy (non-hydrogen) atoms. The lowest BCUT2D eigenvalue weighted by Gasteiger charge is -2.30. The average molecular weight is 322 g/mol. The second-order valence-electron chi connectivity index (χ2n) is 4.75. The van der Waals surface area contributed by atoms with Crippen molar-refractivity contribution in [3.05, 3.63) is 24.3 Å². The molecule has 1 aromatic rings. The van der Waals surface area contributed by atoms with Gasteiger partial charge in [0, 0.05) is 0 Å². The Kier molecular flexibility index (Phi) is 5.43. The molecule has 1 aliphatic heterocycles. The predicted octanol–water partition coefficient (Wildman–Crippen LogP) is 1.66. The van der Waals surface area contributed by atoms with Crippen molar-refractivity contribution in [1.29, 1.82) is 0 Å². The van der Waals surface area contributed by atoms with E-state index in [1.807, 2.05) is 6.07 Å². The topological polar surface area (TPSA) is 75.7 Å². The number of para-hydroxylation sites is 2. The first kappa shape index (κ1) is 16.4. The molecule has 1 heterocycles. The van der Waals surface area contributed by atoms with E-state index >= 15 is 0 Å². The van der Waals surface area contributed by atoms with Crippen molar-refractivity contribution in [1.82, 2.24) is 0 Å².